The molecule has 116 valence electrons. The molecule has 0 spiro atoms. The first-order valence-corrected chi connectivity index (χ1v) is 6.50. The summed E-state index contributed by atoms with van der Waals surface area (Å²) in [5, 5.41) is 0. The van der Waals surface area contributed by atoms with Gasteiger partial charge >= 0.3 is 12.1 Å². The average Bonchev–Trinajstić information content (AvgIpc) is 2.66. The summed E-state index contributed by atoms with van der Waals surface area (Å²) in [6.07, 6.45) is -4.71. The van der Waals surface area contributed by atoms with E-state index in [0.29, 0.717) is 0 Å². The van der Waals surface area contributed by atoms with Crippen LogP contribution in [-0.4, -0.2) is 18.4 Å². The SMILES string of the molecule is CCOC(=O)c1oc2c(c1C(F)(F)F)C(=O)CC(C)(C)C2. The molecule has 1 aromatic heterocycles. The third kappa shape index (κ3) is 2.82. The lowest BCUT2D eigenvalue weighted by Crippen LogP contribution is -2.27. The second-order valence-electron chi connectivity index (χ2n) is 5.76. The van der Waals surface area contributed by atoms with Crippen molar-refractivity contribution in [3.63, 3.8) is 0 Å². The Balaban J connectivity index is 2.64. The number of fused-ring (bicyclic) bond motifs is 1. The van der Waals surface area contributed by atoms with Gasteiger partial charge in [0.25, 0.3) is 0 Å². The molecule has 0 aliphatic heterocycles. The summed E-state index contributed by atoms with van der Waals surface area (Å²) in [6, 6.07) is 0. The smallest absolute Gasteiger partial charge is 0.421 e. The van der Waals surface area contributed by atoms with Crippen LogP contribution in [0, 0.1) is 5.41 Å². The van der Waals surface area contributed by atoms with Crippen LogP contribution in [0.3, 0.4) is 0 Å². The number of hydrogen-bond donors (Lipinski definition) is 0. The van der Waals surface area contributed by atoms with E-state index < -0.39 is 40.2 Å². The summed E-state index contributed by atoms with van der Waals surface area (Å²) >= 11 is 0. The molecular formula is C14H15F3O4. The van der Waals surface area contributed by atoms with Crippen LogP contribution in [0.4, 0.5) is 13.2 Å². The lowest BCUT2D eigenvalue weighted by Gasteiger charge is -2.27. The molecule has 7 heteroatoms. The fraction of sp³-hybridized carbons (Fsp3) is 0.571. The van der Waals surface area contributed by atoms with Crippen molar-refractivity contribution in [1.29, 1.82) is 0 Å². The summed E-state index contributed by atoms with van der Waals surface area (Å²) in [5.74, 6) is -2.88. The van der Waals surface area contributed by atoms with Gasteiger partial charge in [-0.1, -0.05) is 13.8 Å². The molecule has 0 saturated heterocycles. The first-order chi connectivity index (χ1) is 9.57. The number of furan rings is 1. The van der Waals surface area contributed by atoms with E-state index in [1.165, 1.54) is 6.92 Å². The van der Waals surface area contributed by atoms with E-state index in [1.54, 1.807) is 13.8 Å². The topological polar surface area (TPSA) is 56.5 Å². The molecular weight excluding hydrogens is 289 g/mol. The van der Waals surface area contributed by atoms with E-state index in [9.17, 15) is 22.8 Å². The predicted molar refractivity (Wildman–Crippen MR) is 66.1 cm³/mol. The summed E-state index contributed by atoms with van der Waals surface area (Å²) in [7, 11) is 0. The maximum Gasteiger partial charge on any atom is 0.421 e. The average molecular weight is 304 g/mol. The molecule has 1 aromatic rings. The van der Waals surface area contributed by atoms with Crippen LogP contribution < -0.4 is 0 Å². The Morgan fingerprint density at radius 1 is 1.33 bits per heavy atom. The van der Waals surface area contributed by atoms with E-state index >= 15 is 0 Å². The minimum absolute atomic E-state index is 0.0229. The van der Waals surface area contributed by atoms with Gasteiger partial charge in [-0.3, -0.25) is 4.79 Å². The number of Topliss-reactive ketones (excluding diaryl/α,β-unsaturated/α-hetero) is 1. The zero-order valence-corrected chi connectivity index (χ0v) is 11.9. The van der Waals surface area contributed by atoms with Crippen LogP contribution in [0.25, 0.3) is 0 Å². The number of rotatable bonds is 2. The molecule has 1 heterocycles. The molecule has 0 unspecified atom stereocenters. The lowest BCUT2D eigenvalue weighted by atomic mass is 9.75. The van der Waals surface area contributed by atoms with Gasteiger partial charge in [0.2, 0.25) is 5.76 Å². The number of alkyl halides is 3. The Morgan fingerprint density at radius 3 is 2.48 bits per heavy atom. The van der Waals surface area contributed by atoms with Gasteiger partial charge in [-0.15, -0.1) is 0 Å². The van der Waals surface area contributed by atoms with Gasteiger partial charge in [-0.25, -0.2) is 4.79 Å². The van der Waals surface area contributed by atoms with Gasteiger partial charge in [0.05, 0.1) is 12.2 Å². The van der Waals surface area contributed by atoms with E-state index in [-0.39, 0.29) is 25.2 Å². The highest BCUT2D eigenvalue weighted by Crippen LogP contribution is 2.44. The standard InChI is InChI=1S/C14H15F3O4/c1-4-20-12(19)11-10(14(15,16)17)9-7(18)5-13(2,3)6-8(9)21-11/h4-6H2,1-3H3. The van der Waals surface area contributed by atoms with E-state index in [2.05, 4.69) is 4.74 Å². The highest BCUT2D eigenvalue weighted by atomic mass is 19.4. The molecule has 0 amide bonds. The Morgan fingerprint density at radius 2 is 1.95 bits per heavy atom. The molecule has 21 heavy (non-hydrogen) atoms. The molecule has 4 nitrogen and oxygen atoms in total. The van der Waals surface area contributed by atoms with Gasteiger partial charge in [0, 0.05) is 12.8 Å². The fourth-order valence-electron chi connectivity index (χ4n) is 2.53. The zero-order valence-electron chi connectivity index (χ0n) is 11.9. The van der Waals surface area contributed by atoms with E-state index in [4.69, 9.17) is 4.42 Å². The van der Waals surface area contributed by atoms with Crippen molar-refractivity contribution in [2.75, 3.05) is 6.61 Å². The van der Waals surface area contributed by atoms with Gasteiger partial charge in [0.15, 0.2) is 5.78 Å². The second kappa shape index (κ2) is 4.89. The second-order valence-corrected chi connectivity index (χ2v) is 5.76. The number of hydrogen-bond acceptors (Lipinski definition) is 4. The third-order valence-electron chi connectivity index (χ3n) is 3.28. The molecule has 0 fully saturated rings. The van der Waals surface area contributed by atoms with Crippen LogP contribution in [0.2, 0.25) is 0 Å². The van der Waals surface area contributed by atoms with Crippen LogP contribution in [0.1, 0.15) is 59.4 Å². The minimum Gasteiger partial charge on any atom is -0.460 e. The van der Waals surface area contributed by atoms with E-state index in [1.807, 2.05) is 0 Å². The van der Waals surface area contributed by atoms with Gasteiger partial charge in [-0.2, -0.15) is 13.2 Å². The predicted octanol–water partition coefficient (Wildman–Crippen LogP) is 3.63. The van der Waals surface area contributed by atoms with Crippen molar-refractivity contribution in [3.8, 4) is 0 Å². The van der Waals surface area contributed by atoms with Crippen molar-refractivity contribution in [3.05, 3.63) is 22.6 Å². The maximum absolute atomic E-state index is 13.2. The molecule has 0 N–H and O–H groups in total. The molecule has 0 saturated carbocycles. The largest absolute Gasteiger partial charge is 0.460 e. The van der Waals surface area contributed by atoms with Crippen molar-refractivity contribution in [2.45, 2.75) is 39.8 Å². The fourth-order valence-corrected chi connectivity index (χ4v) is 2.53. The number of esters is 1. The van der Waals surface area contributed by atoms with Crippen LogP contribution in [0.5, 0.6) is 0 Å². The van der Waals surface area contributed by atoms with Crippen LogP contribution in [0.15, 0.2) is 4.42 Å². The summed E-state index contributed by atoms with van der Waals surface area (Å²) in [5.41, 5.74) is -2.34. The highest BCUT2D eigenvalue weighted by molar-refractivity contribution is 6.03. The number of ether oxygens (including phenoxy) is 1. The Hall–Kier alpha value is -1.79. The van der Waals surface area contributed by atoms with Crippen molar-refractivity contribution < 1.29 is 31.9 Å². The molecule has 0 atom stereocenters. The number of ketones is 1. The normalized spacial score (nSPS) is 17.5. The highest BCUT2D eigenvalue weighted by Gasteiger charge is 2.48. The van der Waals surface area contributed by atoms with Crippen LogP contribution >= 0.6 is 0 Å². The molecule has 0 radical (unpaired) electrons. The van der Waals surface area contributed by atoms with Crippen LogP contribution in [-0.2, 0) is 17.3 Å². The Bertz CT molecular complexity index is 596. The van der Waals surface area contributed by atoms with Crippen molar-refractivity contribution in [1.82, 2.24) is 0 Å². The first-order valence-electron chi connectivity index (χ1n) is 6.50. The summed E-state index contributed by atoms with van der Waals surface area (Å²) < 4.78 is 49.3. The lowest BCUT2D eigenvalue weighted by molar-refractivity contribution is -0.138. The first kappa shape index (κ1) is 15.6. The summed E-state index contributed by atoms with van der Waals surface area (Å²) in [6.45, 7) is 4.91. The van der Waals surface area contributed by atoms with Crippen molar-refractivity contribution in [2.24, 2.45) is 5.41 Å². The molecule has 0 aromatic carbocycles. The Labute approximate surface area is 119 Å². The number of carbonyl (C=O) groups is 2. The summed E-state index contributed by atoms with van der Waals surface area (Å²) in [4.78, 5) is 23.7. The third-order valence-corrected chi connectivity index (χ3v) is 3.28. The minimum atomic E-state index is -4.85. The molecule has 1 aliphatic carbocycles. The van der Waals surface area contributed by atoms with Crippen molar-refractivity contribution >= 4 is 11.8 Å². The zero-order chi connectivity index (χ0) is 16.0. The molecule has 2 rings (SSSR count). The Kier molecular flexibility index (Phi) is 3.63. The number of halogens is 3. The monoisotopic (exact) mass is 304 g/mol. The molecule has 1 aliphatic rings. The quantitative estimate of drug-likeness (QED) is 0.783. The number of carbonyl (C=O) groups excluding carboxylic acids is 2. The van der Waals surface area contributed by atoms with Gasteiger partial charge in [0.1, 0.15) is 11.3 Å². The van der Waals surface area contributed by atoms with Gasteiger partial charge < -0.3 is 9.15 Å². The van der Waals surface area contributed by atoms with E-state index in [0.717, 1.165) is 0 Å². The molecule has 0 bridgehead atoms. The van der Waals surface area contributed by atoms with Gasteiger partial charge in [-0.05, 0) is 12.3 Å². The maximum atomic E-state index is 13.2.